The van der Waals surface area contributed by atoms with Gasteiger partial charge in [0, 0.05) is 33.5 Å². The molecule has 0 aromatic carbocycles. The number of unbranched alkanes of at least 4 members (excludes halogenated alkanes) is 2. The van der Waals surface area contributed by atoms with E-state index in [0.29, 0.717) is 13.0 Å². The Kier molecular flexibility index (Phi) is 53.0. The summed E-state index contributed by atoms with van der Waals surface area (Å²) >= 11 is 0. The van der Waals surface area contributed by atoms with Crippen LogP contribution in [0, 0.1) is 0 Å². The zero-order chi connectivity index (χ0) is 23.7. The van der Waals surface area contributed by atoms with Gasteiger partial charge in [0.1, 0.15) is 0 Å². The van der Waals surface area contributed by atoms with Crippen LogP contribution in [0.4, 0.5) is 0 Å². The minimum atomic E-state index is 0.0938. The molecule has 1 saturated carbocycles. The van der Waals surface area contributed by atoms with E-state index in [1.54, 1.807) is 7.11 Å². The summed E-state index contributed by atoms with van der Waals surface area (Å²) in [6, 6.07) is 0. The summed E-state index contributed by atoms with van der Waals surface area (Å²) in [5.41, 5.74) is 0. The first-order valence-electron chi connectivity index (χ1n) is 12.6. The molecule has 1 aliphatic carbocycles. The van der Waals surface area contributed by atoms with Crippen LogP contribution in [-0.2, 0) is 4.74 Å². The fraction of sp³-hybridized carbons (Fsp3) is 1.00. The third kappa shape index (κ3) is 50.9. The molecule has 0 aromatic rings. The van der Waals surface area contributed by atoms with Crippen molar-refractivity contribution < 1.29 is 20.1 Å². The van der Waals surface area contributed by atoms with Gasteiger partial charge in [-0.1, -0.05) is 92.4 Å². The van der Waals surface area contributed by atoms with E-state index in [0.717, 1.165) is 6.42 Å². The molecule has 3 N–H and O–H groups in total. The highest BCUT2D eigenvalue weighted by Gasteiger charge is 2.08. The van der Waals surface area contributed by atoms with Crippen molar-refractivity contribution in [2.75, 3.05) is 53.2 Å². The maximum absolute atomic E-state index is 8.12. The summed E-state index contributed by atoms with van der Waals surface area (Å²) in [7, 11) is 1.62. The van der Waals surface area contributed by atoms with Gasteiger partial charge in [0.15, 0.2) is 0 Å². The average molecular weight is 438 g/mol. The average Bonchev–Trinajstić information content (AvgIpc) is 3.33. The molecule has 30 heavy (non-hydrogen) atoms. The molecule has 2 rings (SSSR count). The normalized spacial score (nSPS) is 13.9. The van der Waals surface area contributed by atoms with Crippen molar-refractivity contribution in [1.29, 1.82) is 0 Å². The second-order valence-corrected chi connectivity index (χ2v) is 7.43. The predicted octanol–water partition coefficient (Wildman–Crippen LogP) is 5.65. The van der Waals surface area contributed by atoms with E-state index in [-0.39, 0.29) is 19.8 Å². The summed E-state index contributed by atoms with van der Waals surface area (Å²) in [6.07, 6.45) is 15.4. The van der Waals surface area contributed by atoms with Crippen LogP contribution in [0.3, 0.4) is 0 Å². The molecule has 0 atom stereocenters. The first-order chi connectivity index (χ1) is 14.6. The van der Waals surface area contributed by atoms with Crippen LogP contribution in [0.1, 0.15) is 112 Å². The minimum Gasteiger partial charge on any atom is -0.396 e. The Hall–Kier alpha value is -0.200. The third-order valence-corrected chi connectivity index (χ3v) is 4.47. The number of hydrogen-bond donors (Lipinski definition) is 3. The molecule has 188 valence electrons. The van der Waals surface area contributed by atoms with Gasteiger partial charge in [0.25, 0.3) is 0 Å². The van der Waals surface area contributed by atoms with Crippen LogP contribution >= 0.6 is 0 Å². The second kappa shape index (κ2) is 42.8. The highest BCUT2D eigenvalue weighted by molar-refractivity contribution is 4.64. The van der Waals surface area contributed by atoms with Gasteiger partial charge in [-0.05, 0) is 38.9 Å². The minimum absolute atomic E-state index is 0.0938. The molecule has 5 nitrogen and oxygen atoms in total. The van der Waals surface area contributed by atoms with E-state index >= 15 is 0 Å². The lowest BCUT2D eigenvalue weighted by atomic mass is 10.2. The second-order valence-electron chi connectivity index (χ2n) is 7.43. The van der Waals surface area contributed by atoms with Crippen LogP contribution < -0.4 is 0 Å². The summed E-state index contributed by atoms with van der Waals surface area (Å²) < 4.78 is 4.62. The van der Waals surface area contributed by atoms with Gasteiger partial charge in [-0.2, -0.15) is 0 Å². The third-order valence-electron chi connectivity index (χ3n) is 4.47. The van der Waals surface area contributed by atoms with Gasteiger partial charge in [0.05, 0.1) is 0 Å². The summed E-state index contributed by atoms with van der Waals surface area (Å²) in [5, 5.41) is 23.9. The fourth-order valence-electron chi connectivity index (χ4n) is 1.86. The highest BCUT2D eigenvalue weighted by Crippen LogP contribution is 2.15. The van der Waals surface area contributed by atoms with Gasteiger partial charge >= 0.3 is 0 Å². The summed E-state index contributed by atoms with van der Waals surface area (Å²) in [4.78, 5) is 2.43. The topological polar surface area (TPSA) is 73.2 Å². The van der Waals surface area contributed by atoms with Crippen LogP contribution in [0.15, 0.2) is 0 Å². The van der Waals surface area contributed by atoms with Gasteiger partial charge in [-0.3, -0.25) is 0 Å². The molecule has 0 spiro atoms. The Morgan fingerprint density at radius 1 is 0.600 bits per heavy atom. The number of aliphatic hydroxyl groups is 3. The molecule has 1 heterocycles. The Morgan fingerprint density at radius 3 is 1.03 bits per heavy atom. The molecule has 0 amide bonds. The fourth-order valence-corrected chi connectivity index (χ4v) is 1.86. The number of likely N-dealkylation sites (tertiary alicyclic amines) is 1. The van der Waals surface area contributed by atoms with Crippen LogP contribution in [0.2, 0.25) is 0 Å². The molecule has 0 bridgehead atoms. The molecule has 5 heteroatoms. The van der Waals surface area contributed by atoms with E-state index in [1.807, 2.05) is 0 Å². The standard InChI is InChI=1S/C5H11N.C5H10.C4H10O2.2C4H10.C3H8O2/c1-2-6-4-3-5-6;1-2-4-5-3-1;1-6-4-2-3-5;2*1-3-4-2;4-2-1-3-5/h2-5H2,1H3;1-5H2;5H,2-4H2,1H3;2*3-4H2,1-2H3;4-5H,1-3H2. The number of rotatable bonds is 8. The molecular formula is C25H59NO4. The summed E-state index contributed by atoms with van der Waals surface area (Å²) in [5.74, 6) is 0. The zero-order valence-corrected chi connectivity index (χ0v) is 21.6. The number of nitrogens with zero attached hydrogens (tertiary/aromatic N) is 1. The van der Waals surface area contributed by atoms with Crippen molar-refractivity contribution in [1.82, 2.24) is 4.90 Å². The van der Waals surface area contributed by atoms with Gasteiger partial charge in [-0.15, -0.1) is 0 Å². The molecule has 0 radical (unpaired) electrons. The van der Waals surface area contributed by atoms with Crippen molar-refractivity contribution in [3.05, 3.63) is 0 Å². The molecule has 2 fully saturated rings. The molecule has 0 unspecified atom stereocenters. The van der Waals surface area contributed by atoms with Crippen LogP contribution in [-0.4, -0.2) is 73.4 Å². The Bertz CT molecular complexity index is 199. The highest BCUT2D eigenvalue weighted by atomic mass is 16.5. The zero-order valence-electron chi connectivity index (χ0n) is 21.6. The van der Waals surface area contributed by atoms with Crippen LogP contribution in [0.25, 0.3) is 0 Å². The van der Waals surface area contributed by atoms with Crippen LogP contribution in [0.5, 0.6) is 0 Å². The van der Waals surface area contributed by atoms with E-state index in [4.69, 9.17) is 15.3 Å². The maximum atomic E-state index is 8.12. The Balaban J connectivity index is -0.000000136. The van der Waals surface area contributed by atoms with Gasteiger partial charge < -0.3 is 25.0 Å². The predicted molar refractivity (Wildman–Crippen MR) is 133 cm³/mol. The molecule has 2 aliphatic rings. The lowest BCUT2D eigenvalue weighted by Gasteiger charge is -2.28. The Morgan fingerprint density at radius 2 is 0.967 bits per heavy atom. The van der Waals surface area contributed by atoms with E-state index in [9.17, 15) is 0 Å². The van der Waals surface area contributed by atoms with Crippen molar-refractivity contribution in [2.45, 2.75) is 112 Å². The Labute approximate surface area is 190 Å². The first-order valence-corrected chi connectivity index (χ1v) is 12.6. The van der Waals surface area contributed by atoms with Crippen molar-refractivity contribution in [3.63, 3.8) is 0 Å². The van der Waals surface area contributed by atoms with E-state index in [2.05, 4.69) is 44.3 Å². The number of methoxy groups -OCH3 is 1. The lowest BCUT2D eigenvalue weighted by molar-refractivity contribution is 0.166. The van der Waals surface area contributed by atoms with Gasteiger partial charge in [0.2, 0.25) is 0 Å². The SMILES string of the molecule is C1CCCC1.CCCC.CCCC.CCN1CCC1.COCCCO.OCCCO. The van der Waals surface area contributed by atoms with Gasteiger partial charge in [-0.25, -0.2) is 0 Å². The number of ether oxygens (including phenoxy) is 1. The van der Waals surface area contributed by atoms with E-state index < -0.39 is 0 Å². The quantitative estimate of drug-likeness (QED) is 0.428. The molecule has 0 aromatic heterocycles. The largest absolute Gasteiger partial charge is 0.396 e. The van der Waals surface area contributed by atoms with Crippen molar-refractivity contribution in [3.8, 4) is 0 Å². The molecule has 1 saturated heterocycles. The maximum Gasteiger partial charge on any atom is 0.0484 e. The van der Waals surface area contributed by atoms with Crippen molar-refractivity contribution in [2.24, 2.45) is 0 Å². The number of aliphatic hydroxyl groups excluding tert-OH is 3. The lowest BCUT2D eigenvalue weighted by Crippen LogP contribution is -2.36. The molecular weight excluding hydrogens is 378 g/mol. The van der Waals surface area contributed by atoms with Crippen molar-refractivity contribution >= 4 is 0 Å². The monoisotopic (exact) mass is 437 g/mol. The smallest absolute Gasteiger partial charge is 0.0484 e. The first kappa shape index (κ1) is 37.1. The molecule has 1 aliphatic heterocycles. The summed E-state index contributed by atoms with van der Waals surface area (Å²) in [6.45, 7) is 15.9. The van der Waals surface area contributed by atoms with E-state index in [1.165, 1.54) is 83.8 Å². The number of hydrogen-bond acceptors (Lipinski definition) is 5.